The van der Waals surface area contributed by atoms with E-state index in [1.165, 1.54) is 0 Å². The molecule has 0 aliphatic heterocycles. The van der Waals surface area contributed by atoms with Crippen LogP contribution in [0, 0.1) is 19.8 Å². The van der Waals surface area contributed by atoms with E-state index in [1.807, 2.05) is 27.7 Å². The SMILES string of the molecule is Cc1cc(C(=O)C(C)C)c(C)o1. The van der Waals surface area contributed by atoms with E-state index < -0.39 is 0 Å². The van der Waals surface area contributed by atoms with Gasteiger partial charge < -0.3 is 4.42 Å². The van der Waals surface area contributed by atoms with Crippen LogP contribution in [0.2, 0.25) is 0 Å². The number of rotatable bonds is 2. The normalized spacial score (nSPS) is 10.8. The highest BCUT2D eigenvalue weighted by Crippen LogP contribution is 2.17. The number of carbonyl (C=O) groups excluding carboxylic acids is 1. The molecule has 0 aromatic carbocycles. The lowest BCUT2D eigenvalue weighted by molar-refractivity contribution is 0.0938. The maximum absolute atomic E-state index is 11.5. The fourth-order valence-corrected chi connectivity index (χ4v) is 1.19. The fraction of sp³-hybridized carbons (Fsp3) is 0.500. The zero-order valence-electron chi connectivity index (χ0n) is 7.97. The second kappa shape index (κ2) is 3.13. The quantitative estimate of drug-likeness (QED) is 0.632. The first-order chi connectivity index (χ1) is 5.52. The molecule has 2 nitrogen and oxygen atoms in total. The van der Waals surface area contributed by atoms with E-state index in [1.54, 1.807) is 6.07 Å². The third-order valence-corrected chi connectivity index (χ3v) is 1.83. The van der Waals surface area contributed by atoms with Crippen molar-refractivity contribution in [2.24, 2.45) is 5.92 Å². The molecular formula is C10H14O2. The zero-order chi connectivity index (χ0) is 9.30. The van der Waals surface area contributed by atoms with Gasteiger partial charge in [0.15, 0.2) is 5.78 Å². The lowest BCUT2D eigenvalue weighted by Gasteiger charge is -2.00. The minimum absolute atomic E-state index is 0.0423. The van der Waals surface area contributed by atoms with E-state index >= 15 is 0 Å². The molecule has 66 valence electrons. The second-order valence-corrected chi connectivity index (χ2v) is 3.35. The summed E-state index contributed by atoms with van der Waals surface area (Å²) in [6.45, 7) is 7.46. The molecule has 0 aliphatic carbocycles. The van der Waals surface area contributed by atoms with Crippen LogP contribution in [0.25, 0.3) is 0 Å². The summed E-state index contributed by atoms with van der Waals surface area (Å²) in [4.78, 5) is 11.5. The summed E-state index contributed by atoms with van der Waals surface area (Å²) < 4.78 is 5.26. The van der Waals surface area contributed by atoms with Crippen LogP contribution < -0.4 is 0 Å². The molecule has 0 N–H and O–H groups in total. The molecule has 0 fully saturated rings. The predicted octanol–water partition coefficient (Wildman–Crippen LogP) is 2.74. The first kappa shape index (κ1) is 9.04. The van der Waals surface area contributed by atoms with E-state index in [2.05, 4.69) is 0 Å². The van der Waals surface area contributed by atoms with Gasteiger partial charge in [-0.25, -0.2) is 0 Å². The van der Waals surface area contributed by atoms with Crippen LogP contribution >= 0.6 is 0 Å². The summed E-state index contributed by atoms with van der Waals surface area (Å²) in [6.07, 6.45) is 0. The standard InChI is InChI=1S/C10H14O2/c1-6(2)10(11)9-5-7(3)12-8(9)4/h5-6H,1-4H3. The zero-order valence-corrected chi connectivity index (χ0v) is 7.97. The van der Waals surface area contributed by atoms with Gasteiger partial charge in [-0.2, -0.15) is 0 Å². The molecule has 1 aromatic rings. The highest BCUT2D eigenvalue weighted by Gasteiger charge is 2.15. The molecular weight excluding hydrogens is 152 g/mol. The van der Waals surface area contributed by atoms with Crippen LogP contribution in [0.4, 0.5) is 0 Å². The highest BCUT2D eigenvalue weighted by atomic mass is 16.3. The van der Waals surface area contributed by atoms with Gasteiger partial charge in [-0.3, -0.25) is 4.79 Å². The molecule has 0 bridgehead atoms. The van der Waals surface area contributed by atoms with Crippen molar-refractivity contribution in [2.45, 2.75) is 27.7 Å². The van der Waals surface area contributed by atoms with Crippen molar-refractivity contribution in [3.8, 4) is 0 Å². The molecule has 0 radical (unpaired) electrons. The van der Waals surface area contributed by atoms with Gasteiger partial charge in [0.25, 0.3) is 0 Å². The Bertz CT molecular complexity index is 295. The molecule has 1 heterocycles. The molecule has 0 aliphatic rings. The van der Waals surface area contributed by atoms with E-state index in [-0.39, 0.29) is 11.7 Å². The lowest BCUT2D eigenvalue weighted by atomic mass is 10.0. The molecule has 0 unspecified atom stereocenters. The predicted molar refractivity (Wildman–Crippen MR) is 47.4 cm³/mol. The van der Waals surface area contributed by atoms with Crippen LogP contribution in [0.3, 0.4) is 0 Å². The minimum atomic E-state index is 0.0423. The fourth-order valence-electron chi connectivity index (χ4n) is 1.19. The van der Waals surface area contributed by atoms with Gasteiger partial charge in [0.1, 0.15) is 11.5 Å². The van der Waals surface area contributed by atoms with Crippen LogP contribution in [-0.2, 0) is 0 Å². The molecule has 0 amide bonds. The van der Waals surface area contributed by atoms with Crippen molar-refractivity contribution in [1.82, 2.24) is 0 Å². The largest absolute Gasteiger partial charge is 0.466 e. The van der Waals surface area contributed by atoms with Crippen LogP contribution in [0.15, 0.2) is 10.5 Å². The van der Waals surface area contributed by atoms with Gasteiger partial charge in [-0.15, -0.1) is 0 Å². The van der Waals surface area contributed by atoms with Crippen molar-refractivity contribution in [1.29, 1.82) is 0 Å². The monoisotopic (exact) mass is 166 g/mol. The maximum Gasteiger partial charge on any atom is 0.168 e. The number of hydrogen-bond donors (Lipinski definition) is 0. The van der Waals surface area contributed by atoms with Gasteiger partial charge in [-0.05, 0) is 19.9 Å². The van der Waals surface area contributed by atoms with Crippen LogP contribution in [0.5, 0.6) is 0 Å². The Kier molecular flexibility index (Phi) is 2.36. The van der Waals surface area contributed by atoms with E-state index in [0.717, 1.165) is 17.1 Å². The maximum atomic E-state index is 11.5. The van der Waals surface area contributed by atoms with E-state index in [0.29, 0.717) is 0 Å². The summed E-state index contributed by atoms with van der Waals surface area (Å²) in [5.74, 6) is 1.73. The first-order valence-corrected chi connectivity index (χ1v) is 4.13. The average Bonchev–Trinajstić information content (AvgIpc) is 2.28. The van der Waals surface area contributed by atoms with Gasteiger partial charge >= 0.3 is 0 Å². The summed E-state index contributed by atoms with van der Waals surface area (Å²) in [7, 11) is 0. The Morgan fingerprint density at radius 2 is 2.00 bits per heavy atom. The Hall–Kier alpha value is -1.05. The molecule has 0 saturated heterocycles. The van der Waals surface area contributed by atoms with Crippen LogP contribution in [-0.4, -0.2) is 5.78 Å². The molecule has 2 heteroatoms. The van der Waals surface area contributed by atoms with Gasteiger partial charge in [0.05, 0.1) is 5.56 Å². The molecule has 0 saturated carbocycles. The molecule has 12 heavy (non-hydrogen) atoms. The molecule has 1 aromatic heterocycles. The molecule has 1 rings (SSSR count). The summed E-state index contributed by atoms with van der Waals surface area (Å²) in [6, 6.07) is 1.80. The van der Waals surface area contributed by atoms with Crippen molar-refractivity contribution >= 4 is 5.78 Å². The van der Waals surface area contributed by atoms with Crippen molar-refractivity contribution in [3.05, 3.63) is 23.2 Å². The molecule has 0 atom stereocenters. The number of carbonyl (C=O) groups is 1. The van der Waals surface area contributed by atoms with Crippen molar-refractivity contribution in [3.63, 3.8) is 0 Å². The summed E-state index contributed by atoms with van der Waals surface area (Å²) >= 11 is 0. The van der Waals surface area contributed by atoms with Gasteiger partial charge in [-0.1, -0.05) is 13.8 Å². The number of ketones is 1. The number of furan rings is 1. The van der Waals surface area contributed by atoms with Crippen molar-refractivity contribution in [2.75, 3.05) is 0 Å². The number of Topliss-reactive ketones (excluding diaryl/α,β-unsaturated/α-hetero) is 1. The second-order valence-electron chi connectivity index (χ2n) is 3.35. The molecule has 0 spiro atoms. The first-order valence-electron chi connectivity index (χ1n) is 4.13. The number of aryl methyl sites for hydroxylation is 2. The Morgan fingerprint density at radius 3 is 2.33 bits per heavy atom. The topological polar surface area (TPSA) is 30.2 Å². The smallest absolute Gasteiger partial charge is 0.168 e. The Morgan fingerprint density at radius 1 is 1.42 bits per heavy atom. The van der Waals surface area contributed by atoms with Crippen molar-refractivity contribution < 1.29 is 9.21 Å². The van der Waals surface area contributed by atoms with Gasteiger partial charge in [0, 0.05) is 5.92 Å². The van der Waals surface area contributed by atoms with Crippen LogP contribution in [0.1, 0.15) is 35.7 Å². The van der Waals surface area contributed by atoms with E-state index in [9.17, 15) is 4.79 Å². The average molecular weight is 166 g/mol. The Balaban J connectivity index is 3.02. The summed E-state index contributed by atoms with van der Waals surface area (Å²) in [5, 5.41) is 0. The highest BCUT2D eigenvalue weighted by molar-refractivity contribution is 5.98. The lowest BCUT2D eigenvalue weighted by Crippen LogP contribution is -2.07. The third-order valence-electron chi connectivity index (χ3n) is 1.83. The third kappa shape index (κ3) is 1.58. The van der Waals surface area contributed by atoms with E-state index in [4.69, 9.17) is 4.42 Å². The Labute approximate surface area is 72.6 Å². The number of hydrogen-bond acceptors (Lipinski definition) is 2. The summed E-state index contributed by atoms with van der Waals surface area (Å²) in [5.41, 5.74) is 0.725. The minimum Gasteiger partial charge on any atom is -0.466 e. The van der Waals surface area contributed by atoms with Gasteiger partial charge in [0.2, 0.25) is 0 Å².